The van der Waals surface area contributed by atoms with Gasteiger partial charge in [0.2, 0.25) is 5.78 Å². The van der Waals surface area contributed by atoms with E-state index in [0.717, 1.165) is 0 Å². The smallest absolute Gasteiger partial charge is 0.387 e. The molecule has 1 aromatic heterocycles. The SMILES string of the molecule is COCn1nccc1C(=O)c1cc2c(c(Cl)c1Cl)OC(C(=O)O)O2. The van der Waals surface area contributed by atoms with Crippen LogP contribution in [0.15, 0.2) is 18.3 Å². The third-order valence-electron chi connectivity index (χ3n) is 3.23. The van der Waals surface area contributed by atoms with Crippen LogP contribution in [0.4, 0.5) is 0 Å². The Bertz CT molecular complexity index is 835. The molecule has 8 nitrogen and oxygen atoms in total. The maximum absolute atomic E-state index is 12.7. The average molecular weight is 373 g/mol. The standard InChI is InChI=1S/C14H10Cl2N2O6/c1-22-5-18-7(2-3-17-18)11(19)6-4-8-12(10(16)9(6)15)24-14(23-8)13(20)21/h2-4,14H,5H2,1H3,(H,20,21). The van der Waals surface area contributed by atoms with E-state index < -0.39 is 18.0 Å². The van der Waals surface area contributed by atoms with Gasteiger partial charge in [-0.25, -0.2) is 9.48 Å². The molecule has 2 aromatic rings. The fourth-order valence-corrected chi connectivity index (χ4v) is 2.65. The molecule has 1 aliphatic heterocycles. The summed E-state index contributed by atoms with van der Waals surface area (Å²) in [6.45, 7) is 0.0745. The monoisotopic (exact) mass is 372 g/mol. The van der Waals surface area contributed by atoms with E-state index in [1.54, 1.807) is 0 Å². The Morgan fingerprint density at radius 3 is 2.79 bits per heavy atom. The van der Waals surface area contributed by atoms with Crippen LogP contribution in [0.2, 0.25) is 10.0 Å². The number of benzene rings is 1. The number of carboxylic acids is 1. The third-order valence-corrected chi connectivity index (χ3v) is 4.08. The van der Waals surface area contributed by atoms with E-state index in [1.807, 2.05) is 0 Å². The number of hydrogen-bond donors (Lipinski definition) is 1. The van der Waals surface area contributed by atoms with Crippen LogP contribution in [0.25, 0.3) is 0 Å². The number of ether oxygens (including phenoxy) is 3. The van der Waals surface area contributed by atoms with Crippen LogP contribution >= 0.6 is 23.2 Å². The van der Waals surface area contributed by atoms with E-state index in [0.29, 0.717) is 0 Å². The summed E-state index contributed by atoms with van der Waals surface area (Å²) in [5.41, 5.74) is 0.261. The molecule has 0 bridgehead atoms. The normalized spacial score (nSPS) is 15.5. The molecule has 0 amide bonds. The van der Waals surface area contributed by atoms with Gasteiger partial charge in [-0.15, -0.1) is 0 Å². The summed E-state index contributed by atoms with van der Waals surface area (Å²) in [5, 5.41) is 12.8. The van der Waals surface area contributed by atoms with Crippen molar-refractivity contribution < 1.29 is 28.9 Å². The summed E-state index contributed by atoms with van der Waals surface area (Å²) in [6, 6.07) is 2.79. The number of carboxylic acid groups (broad SMARTS) is 1. The van der Waals surface area contributed by atoms with Crippen LogP contribution in [0, 0.1) is 0 Å². The number of fused-ring (bicyclic) bond motifs is 1. The molecule has 1 aliphatic rings. The fourth-order valence-electron chi connectivity index (χ4n) is 2.18. The molecule has 24 heavy (non-hydrogen) atoms. The van der Waals surface area contributed by atoms with Crippen molar-refractivity contribution in [3.05, 3.63) is 39.6 Å². The number of nitrogens with zero attached hydrogens (tertiary/aromatic N) is 2. The molecule has 10 heteroatoms. The Kier molecular flexibility index (Phi) is 4.35. The van der Waals surface area contributed by atoms with Gasteiger partial charge in [0.25, 0.3) is 0 Å². The minimum Gasteiger partial charge on any atom is -0.476 e. The van der Waals surface area contributed by atoms with Gasteiger partial charge >= 0.3 is 12.3 Å². The summed E-state index contributed by atoms with van der Waals surface area (Å²) in [6.07, 6.45) is -0.104. The molecule has 0 radical (unpaired) electrons. The zero-order valence-electron chi connectivity index (χ0n) is 12.2. The maximum Gasteiger partial charge on any atom is 0.387 e. The number of ketones is 1. The highest BCUT2D eigenvalue weighted by Crippen LogP contribution is 2.46. The molecule has 0 saturated heterocycles. The summed E-state index contributed by atoms with van der Waals surface area (Å²) in [7, 11) is 1.46. The van der Waals surface area contributed by atoms with Gasteiger partial charge in [0.1, 0.15) is 17.4 Å². The number of hydrogen-bond acceptors (Lipinski definition) is 6. The average Bonchev–Trinajstić information content (AvgIpc) is 3.17. The molecule has 3 rings (SSSR count). The topological polar surface area (TPSA) is 99.9 Å². The Labute approximate surface area is 145 Å². The highest BCUT2D eigenvalue weighted by atomic mass is 35.5. The minimum atomic E-state index is -1.54. The predicted octanol–water partition coefficient (Wildman–Crippen LogP) is 2.21. The summed E-state index contributed by atoms with van der Waals surface area (Å²) in [4.78, 5) is 23.7. The van der Waals surface area contributed by atoms with Crippen molar-refractivity contribution in [3.63, 3.8) is 0 Å². The van der Waals surface area contributed by atoms with Gasteiger partial charge in [-0.05, 0) is 12.1 Å². The Morgan fingerprint density at radius 1 is 1.38 bits per heavy atom. The van der Waals surface area contributed by atoms with Crippen molar-refractivity contribution in [2.45, 2.75) is 13.0 Å². The first kappa shape index (κ1) is 16.6. The van der Waals surface area contributed by atoms with Crippen molar-refractivity contribution in [1.82, 2.24) is 9.78 Å². The number of aliphatic carboxylic acids is 1. The largest absolute Gasteiger partial charge is 0.476 e. The highest BCUT2D eigenvalue weighted by molar-refractivity contribution is 6.45. The van der Waals surface area contributed by atoms with Crippen molar-refractivity contribution >= 4 is 35.0 Å². The first-order valence-corrected chi connectivity index (χ1v) is 7.33. The van der Waals surface area contributed by atoms with Gasteiger partial charge < -0.3 is 19.3 Å². The summed E-state index contributed by atoms with van der Waals surface area (Å²) in [5.74, 6) is -1.79. The number of aromatic nitrogens is 2. The number of rotatable bonds is 5. The van der Waals surface area contributed by atoms with Gasteiger partial charge in [0, 0.05) is 18.9 Å². The zero-order chi connectivity index (χ0) is 17.4. The second kappa shape index (κ2) is 6.31. The maximum atomic E-state index is 12.7. The lowest BCUT2D eigenvalue weighted by molar-refractivity contribution is -0.154. The number of carbonyl (C=O) groups is 2. The van der Waals surface area contributed by atoms with Crippen LogP contribution in [-0.2, 0) is 16.3 Å². The van der Waals surface area contributed by atoms with Crippen LogP contribution in [0.1, 0.15) is 16.1 Å². The third kappa shape index (κ3) is 2.68. The first-order valence-electron chi connectivity index (χ1n) is 6.57. The van der Waals surface area contributed by atoms with E-state index >= 15 is 0 Å². The highest BCUT2D eigenvalue weighted by Gasteiger charge is 2.35. The molecule has 126 valence electrons. The molecular formula is C14H10Cl2N2O6. The molecule has 2 heterocycles. The fraction of sp³-hybridized carbons (Fsp3) is 0.214. The number of carbonyl (C=O) groups excluding carboxylic acids is 1. The van der Waals surface area contributed by atoms with Crippen molar-refractivity contribution in [2.24, 2.45) is 0 Å². The predicted molar refractivity (Wildman–Crippen MR) is 81.8 cm³/mol. The summed E-state index contributed by atoms with van der Waals surface area (Å²) < 4.78 is 16.5. The van der Waals surface area contributed by atoms with Crippen LogP contribution < -0.4 is 9.47 Å². The molecule has 1 atom stereocenters. The molecular weight excluding hydrogens is 363 g/mol. The van der Waals surface area contributed by atoms with Gasteiger partial charge in [0.05, 0.1) is 5.02 Å². The molecule has 1 unspecified atom stereocenters. The Hall–Kier alpha value is -2.29. The molecule has 0 fully saturated rings. The van der Waals surface area contributed by atoms with E-state index in [2.05, 4.69) is 5.10 Å². The second-order valence-electron chi connectivity index (χ2n) is 4.75. The molecule has 1 aromatic carbocycles. The molecule has 0 spiro atoms. The van der Waals surface area contributed by atoms with Gasteiger partial charge in [-0.3, -0.25) is 4.79 Å². The Balaban J connectivity index is 2.03. The summed E-state index contributed by atoms with van der Waals surface area (Å²) >= 11 is 12.2. The lowest BCUT2D eigenvalue weighted by Gasteiger charge is -2.09. The van der Waals surface area contributed by atoms with Crippen LogP contribution in [0.5, 0.6) is 11.5 Å². The minimum absolute atomic E-state index is 0.0176. The van der Waals surface area contributed by atoms with Gasteiger partial charge in [0.15, 0.2) is 11.5 Å². The van der Waals surface area contributed by atoms with Crippen LogP contribution in [0.3, 0.4) is 0 Å². The van der Waals surface area contributed by atoms with E-state index in [-0.39, 0.29) is 39.5 Å². The number of methoxy groups -OCH3 is 1. The zero-order valence-corrected chi connectivity index (χ0v) is 13.7. The van der Waals surface area contributed by atoms with Crippen LogP contribution in [-0.4, -0.2) is 40.0 Å². The number of halogens is 2. The quantitative estimate of drug-likeness (QED) is 0.802. The van der Waals surface area contributed by atoms with Gasteiger partial charge in [-0.1, -0.05) is 23.2 Å². The lowest BCUT2D eigenvalue weighted by atomic mass is 10.1. The Morgan fingerprint density at radius 2 is 2.12 bits per heavy atom. The second-order valence-corrected chi connectivity index (χ2v) is 5.50. The molecule has 1 N–H and O–H groups in total. The van der Waals surface area contributed by atoms with E-state index in [9.17, 15) is 9.59 Å². The van der Waals surface area contributed by atoms with E-state index in [4.69, 9.17) is 42.5 Å². The van der Waals surface area contributed by atoms with Gasteiger partial charge in [-0.2, -0.15) is 5.10 Å². The molecule has 0 aliphatic carbocycles. The van der Waals surface area contributed by atoms with E-state index in [1.165, 1.54) is 30.1 Å². The lowest BCUT2D eigenvalue weighted by Crippen LogP contribution is -2.28. The molecule has 0 saturated carbocycles. The van der Waals surface area contributed by atoms with Crippen molar-refractivity contribution in [1.29, 1.82) is 0 Å². The first-order chi connectivity index (χ1) is 11.4. The van der Waals surface area contributed by atoms with Crippen molar-refractivity contribution in [3.8, 4) is 11.5 Å². The van der Waals surface area contributed by atoms with Crippen molar-refractivity contribution in [2.75, 3.05) is 7.11 Å².